The minimum Gasteiger partial charge on any atom is -0.507 e. The van der Waals surface area contributed by atoms with Gasteiger partial charge in [-0.2, -0.15) is 9.78 Å². The number of hydrogen-bond donors (Lipinski definition) is 4. The second kappa shape index (κ2) is 9.72. The normalized spacial score (nSPS) is 17.9. The van der Waals surface area contributed by atoms with Crippen molar-refractivity contribution in [3.05, 3.63) is 66.9 Å². The third kappa shape index (κ3) is 5.65. The molecule has 0 radical (unpaired) electrons. The fourth-order valence-corrected chi connectivity index (χ4v) is 5.41. The van der Waals surface area contributed by atoms with Gasteiger partial charge >= 0.3 is 5.69 Å². The number of aliphatic hydroxyl groups excluding tert-OH is 1. The maximum atomic E-state index is 13.7. The van der Waals surface area contributed by atoms with Crippen LogP contribution in [0.3, 0.4) is 0 Å². The van der Waals surface area contributed by atoms with Crippen LogP contribution in [0.25, 0.3) is 5.69 Å². The van der Waals surface area contributed by atoms with Gasteiger partial charge in [0.1, 0.15) is 16.4 Å². The van der Waals surface area contributed by atoms with Crippen LogP contribution in [0.4, 0.5) is 8.78 Å². The van der Waals surface area contributed by atoms with Gasteiger partial charge in [0.15, 0.2) is 11.4 Å². The zero-order valence-electron chi connectivity index (χ0n) is 18.7. The lowest BCUT2D eigenvalue weighted by atomic mass is 9.91. The van der Waals surface area contributed by atoms with E-state index in [1.165, 1.54) is 6.07 Å². The van der Waals surface area contributed by atoms with Crippen molar-refractivity contribution < 1.29 is 32.1 Å². The molecule has 11 nitrogen and oxygen atoms in total. The van der Waals surface area contributed by atoms with Gasteiger partial charge in [-0.05, 0) is 37.1 Å². The first-order valence-corrected chi connectivity index (χ1v) is 12.7. The standard InChI is InChI=1S/C20H17BCl2F2N4O7S/c21-20(24,25)17-18(32)26-19(33)29(27-17)9-5-12(22)16(13(23)6-9)36-11-1-2-14(31)15(7-11)37(34,35)28-8-3-10(30)4-8/h1-2,5-8,10,28,30-31H,3-4,21H2,(H,26,32,33)/t8-,10-. The Morgan fingerprint density at radius 1 is 1.19 bits per heavy atom. The molecule has 4 N–H and O–H groups in total. The molecule has 4 rings (SSSR count). The van der Waals surface area contributed by atoms with Gasteiger partial charge in [-0.1, -0.05) is 23.2 Å². The van der Waals surface area contributed by atoms with Gasteiger partial charge in [0.25, 0.3) is 11.4 Å². The molecule has 1 aliphatic rings. The molecule has 2 aromatic carbocycles. The largest absolute Gasteiger partial charge is 0.507 e. The summed E-state index contributed by atoms with van der Waals surface area (Å²) in [5, 5.41) is 22.5. The number of H-pyrrole nitrogens is 1. The molecule has 17 heteroatoms. The Labute approximate surface area is 218 Å². The van der Waals surface area contributed by atoms with Crippen LogP contribution >= 0.6 is 23.2 Å². The third-order valence-electron chi connectivity index (χ3n) is 5.35. The number of hydrogen-bond acceptors (Lipinski definition) is 8. The summed E-state index contributed by atoms with van der Waals surface area (Å²) in [4.78, 5) is 25.2. The molecule has 0 unspecified atom stereocenters. The second-order valence-electron chi connectivity index (χ2n) is 8.32. The van der Waals surface area contributed by atoms with E-state index in [4.69, 9.17) is 27.9 Å². The van der Waals surface area contributed by atoms with E-state index < -0.39 is 55.6 Å². The smallest absolute Gasteiger partial charge is 0.349 e. The minimum atomic E-state index is -4.17. The lowest BCUT2D eigenvalue weighted by Crippen LogP contribution is -2.46. The fourth-order valence-electron chi connectivity index (χ4n) is 3.49. The zero-order valence-corrected chi connectivity index (χ0v) is 21.0. The first kappa shape index (κ1) is 27.1. The Bertz CT molecular complexity index is 1580. The lowest BCUT2D eigenvalue weighted by Gasteiger charge is -2.31. The summed E-state index contributed by atoms with van der Waals surface area (Å²) in [6.45, 7) is 0. The number of nitrogens with one attached hydrogen (secondary N) is 2. The first-order valence-electron chi connectivity index (χ1n) is 10.5. The van der Waals surface area contributed by atoms with Crippen LogP contribution < -0.4 is 20.7 Å². The van der Waals surface area contributed by atoms with Crippen molar-refractivity contribution in [1.82, 2.24) is 19.5 Å². The monoisotopic (exact) mass is 576 g/mol. The Balaban J connectivity index is 1.67. The molecule has 1 fully saturated rings. The topological polar surface area (TPSA) is 164 Å². The van der Waals surface area contributed by atoms with Crippen LogP contribution in [-0.4, -0.2) is 53.4 Å². The second-order valence-corrected chi connectivity index (χ2v) is 10.8. The average molecular weight is 577 g/mol. The van der Waals surface area contributed by atoms with E-state index in [0.29, 0.717) is 12.5 Å². The van der Waals surface area contributed by atoms with Crippen LogP contribution in [0.2, 0.25) is 10.0 Å². The van der Waals surface area contributed by atoms with Crippen molar-refractivity contribution in [2.75, 3.05) is 0 Å². The highest BCUT2D eigenvalue weighted by Crippen LogP contribution is 2.39. The predicted molar refractivity (Wildman–Crippen MR) is 130 cm³/mol. The molecular formula is C20H17BCl2F2N4O7S. The number of aromatic hydroxyl groups is 1. The van der Waals surface area contributed by atoms with Gasteiger partial charge in [-0.3, -0.25) is 9.78 Å². The Hall–Kier alpha value is -2.98. The average Bonchev–Trinajstić information content (AvgIpc) is 2.75. The Morgan fingerprint density at radius 3 is 2.38 bits per heavy atom. The van der Waals surface area contributed by atoms with E-state index in [9.17, 15) is 37.0 Å². The zero-order chi connectivity index (χ0) is 27.3. The quantitative estimate of drug-likeness (QED) is 0.305. The number of nitrogens with zero attached hydrogens (tertiary/aromatic N) is 2. The number of halogens is 4. The highest BCUT2D eigenvalue weighted by atomic mass is 35.5. The van der Waals surface area contributed by atoms with Crippen molar-refractivity contribution in [3.63, 3.8) is 0 Å². The molecule has 0 saturated heterocycles. The van der Waals surface area contributed by atoms with Crippen molar-refractivity contribution in [1.29, 1.82) is 0 Å². The summed E-state index contributed by atoms with van der Waals surface area (Å²) < 4.78 is 61.3. The van der Waals surface area contributed by atoms with Crippen LogP contribution in [-0.2, 0) is 15.8 Å². The molecule has 1 saturated carbocycles. The minimum absolute atomic E-state index is 0.0874. The first-order chi connectivity index (χ1) is 17.2. The summed E-state index contributed by atoms with van der Waals surface area (Å²) in [5.74, 6) is -4.48. The number of aliphatic hydroxyl groups is 1. The van der Waals surface area contributed by atoms with E-state index >= 15 is 0 Å². The molecule has 196 valence electrons. The molecule has 0 bridgehead atoms. The molecule has 1 aromatic heterocycles. The molecule has 1 heterocycles. The van der Waals surface area contributed by atoms with Crippen LogP contribution in [0, 0.1) is 0 Å². The molecule has 0 spiro atoms. The number of benzene rings is 2. The number of ether oxygens (including phenoxy) is 1. The van der Waals surface area contributed by atoms with Crippen molar-refractivity contribution in [3.8, 4) is 22.9 Å². The van der Waals surface area contributed by atoms with Gasteiger partial charge < -0.3 is 14.9 Å². The summed E-state index contributed by atoms with van der Waals surface area (Å²) in [7, 11) is -3.73. The van der Waals surface area contributed by atoms with Gasteiger partial charge in [0, 0.05) is 12.1 Å². The van der Waals surface area contributed by atoms with E-state index in [-0.39, 0.29) is 40.1 Å². The van der Waals surface area contributed by atoms with Crippen molar-refractivity contribution in [2.24, 2.45) is 0 Å². The van der Waals surface area contributed by atoms with Crippen LogP contribution in [0.15, 0.2) is 44.8 Å². The summed E-state index contributed by atoms with van der Waals surface area (Å²) in [6, 6.07) is 5.07. The number of sulfonamides is 1. The van der Waals surface area contributed by atoms with E-state index in [1.54, 1.807) is 4.98 Å². The summed E-state index contributed by atoms with van der Waals surface area (Å²) in [6.07, 6.45) is -0.132. The van der Waals surface area contributed by atoms with Gasteiger partial charge in [0.05, 0.1) is 21.8 Å². The molecule has 0 atom stereocenters. The fraction of sp³-hybridized carbons (Fsp3) is 0.250. The Morgan fingerprint density at radius 2 is 1.81 bits per heavy atom. The summed E-state index contributed by atoms with van der Waals surface area (Å²) >= 11 is 12.5. The number of phenolic OH excluding ortho intramolecular Hbond substituents is 1. The van der Waals surface area contributed by atoms with E-state index in [2.05, 4.69) is 9.82 Å². The molecule has 3 aromatic rings. The van der Waals surface area contributed by atoms with Gasteiger partial charge in [0.2, 0.25) is 17.9 Å². The van der Waals surface area contributed by atoms with Crippen LogP contribution in [0.1, 0.15) is 18.5 Å². The number of aromatic nitrogens is 3. The number of aromatic amines is 1. The van der Waals surface area contributed by atoms with E-state index in [1.807, 2.05) is 0 Å². The lowest BCUT2D eigenvalue weighted by molar-refractivity contribution is 0.0711. The molecule has 1 aliphatic carbocycles. The highest BCUT2D eigenvalue weighted by Gasteiger charge is 2.33. The molecular weight excluding hydrogens is 560 g/mol. The predicted octanol–water partition coefficient (Wildman–Crippen LogP) is 1.21. The SMILES string of the molecule is BC(F)(F)c1nn(-c2cc(Cl)c(Oc3ccc(O)c(S(=O)(=O)N[C@H]4C[C@H](O)C4)c3)c(Cl)c2)c(=O)[nH]c1=O. The number of alkyl halides is 2. The molecule has 0 aliphatic heterocycles. The van der Waals surface area contributed by atoms with Crippen LogP contribution in [0.5, 0.6) is 17.2 Å². The van der Waals surface area contributed by atoms with Crippen molar-refractivity contribution >= 4 is 41.1 Å². The highest BCUT2D eigenvalue weighted by molar-refractivity contribution is 7.89. The Kier molecular flexibility index (Phi) is 7.11. The summed E-state index contributed by atoms with van der Waals surface area (Å²) in [5.41, 5.74) is -3.86. The number of phenols is 1. The van der Waals surface area contributed by atoms with E-state index in [0.717, 1.165) is 24.3 Å². The maximum absolute atomic E-state index is 13.7. The molecule has 0 amide bonds. The third-order valence-corrected chi connectivity index (χ3v) is 7.46. The molecule has 37 heavy (non-hydrogen) atoms. The van der Waals surface area contributed by atoms with Gasteiger partial charge in [-0.25, -0.2) is 26.7 Å². The number of rotatable bonds is 7. The van der Waals surface area contributed by atoms with Gasteiger partial charge in [-0.15, -0.1) is 0 Å². The maximum Gasteiger partial charge on any atom is 0.349 e. The van der Waals surface area contributed by atoms with Crippen molar-refractivity contribution in [2.45, 2.75) is 35.7 Å².